The van der Waals surface area contributed by atoms with Gasteiger partial charge in [0.05, 0.1) is 5.41 Å². The van der Waals surface area contributed by atoms with Crippen molar-refractivity contribution in [3.63, 3.8) is 0 Å². The van der Waals surface area contributed by atoms with Crippen LogP contribution in [0, 0.1) is 5.41 Å². The molecule has 1 N–H and O–H groups in total. The van der Waals surface area contributed by atoms with E-state index >= 15 is 0 Å². The van der Waals surface area contributed by atoms with Crippen LogP contribution in [0.3, 0.4) is 0 Å². The van der Waals surface area contributed by atoms with Crippen molar-refractivity contribution in [2.75, 3.05) is 39.3 Å². The Labute approximate surface area is 155 Å². The normalized spacial score (nSPS) is 26.7. The van der Waals surface area contributed by atoms with Gasteiger partial charge in [0, 0.05) is 31.9 Å². The highest BCUT2D eigenvalue weighted by Gasteiger charge is 2.43. The van der Waals surface area contributed by atoms with E-state index in [0.29, 0.717) is 6.61 Å². The first kappa shape index (κ1) is 17.8. The van der Waals surface area contributed by atoms with Crippen molar-refractivity contribution in [2.45, 2.75) is 44.6 Å². The highest BCUT2D eigenvalue weighted by atomic mass is 16.7. The average molecular weight is 361 g/mol. The number of ether oxygens (including phenoxy) is 1. The summed E-state index contributed by atoms with van der Waals surface area (Å²) in [4.78, 5) is 8.17. The second-order valence-electron chi connectivity index (χ2n) is 7.95. The molecular weight excluding hydrogens is 330 g/mol. The van der Waals surface area contributed by atoms with Crippen molar-refractivity contribution in [1.82, 2.24) is 20.0 Å². The SMILES string of the molecule is Cn1nccc1CC1(C2=NOC[C@@H](CN3CCCCC3)O2)CCNCC1. The summed E-state index contributed by atoms with van der Waals surface area (Å²) in [6.07, 6.45) is 8.81. The van der Waals surface area contributed by atoms with E-state index in [1.165, 1.54) is 38.0 Å². The quantitative estimate of drug-likeness (QED) is 0.862. The zero-order chi connectivity index (χ0) is 17.8. The fourth-order valence-corrected chi connectivity index (χ4v) is 4.43. The Kier molecular flexibility index (Phi) is 5.45. The molecule has 144 valence electrons. The van der Waals surface area contributed by atoms with E-state index in [4.69, 9.17) is 9.57 Å². The Bertz CT molecular complexity index is 617. The number of hydrogen-bond donors (Lipinski definition) is 1. The van der Waals surface area contributed by atoms with Gasteiger partial charge in [-0.1, -0.05) is 11.6 Å². The molecule has 7 nitrogen and oxygen atoms in total. The molecule has 3 aliphatic heterocycles. The van der Waals surface area contributed by atoms with Crippen molar-refractivity contribution < 1.29 is 9.57 Å². The van der Waals surface area contributed by atoms with Crippen LogP contribution in [0.5, 0.6) is 0 Å². The topological polar surface area (TPSA) is 63.9 Å². The summed E-state index contributed by atoms with van der Waals surface area (Å²) in [5, 5.41) is 12.2. The second kappa shape index (κ2) is 7.96. The summed E-state index contributed by atoms with van der Waals surface area (Å²) in [6, 6.07) is 2.10. The van der Waals surface area contributed by atoms with E-state index < -0.39 is 0 Å². The molecule has 1 aromatic heterocycles. The molecular formula is C19H31N5O2. The minimum absolute atomic E-state index is 0.0823. The summed E-state index contributed by atoms with van der Waals surface area (Å²) < 4.78 is 8.40. The van der Waals surface area contributed by atoms with E-state index in [9.17, 15) is 0 Å². The van der Waals surface area contributed by atoms with Gasteiger partial charge in [-0.15, -0.1) is 0 Å². The fourth-order valence-electron chi connectivity index (χ4n) is 4.43. The zero-order valence-electron chi connectivity index (χ0n) is 15.8. The fraction of sp³-hybridized carbons (Fsp3) is 0.789. The van der Waals surface area contributed by atoms with Crippen LogP contribution in [-0.4, -0.2) is 66.0 Å². The van der Waals surface area contributed by atoms with Crippen LogP contribution >= 0.6 is 0 Å². The predicted molar refractivity (Wildman–Crippen MR) is 100.0 cm³/mol. The molecule has 0 unspecified atom stereocenters. The van der Waals surface area contributed by atoms with E-state index in [0.717, 1.165) is 44.8 Å². The molecule has 0 spiro atoms. The number of aryl methyl sites for hydroxylation is 1. The summed E-state index contributed by atoms with van der Waals surface area (Å²) in [5.41, 5.74) is 1.12. The third-order valence-corrected chi connectivity index (χ3v) is 6.05. The number of oxime groups is 1. The molecule has 0 radical (unpaired) electrons. The standard InChI is InChI=1S/C19H31N5O2/c1-23-16(5-8-21-23)13-19(6-9-20-10-7-19)18-22-25-15-17(26-18)14-24-11-3-2-4-12-24/h5,8,17,20H,2-4,6-7,9-15H2,1H3/t17-/m1/s1. The first-order valence-electron chi connectivity index (χ1n) is 10.0. The Morgan fingerprint density at radius 3 is 2.77 bits per heavy atom. The first-order valence-corrected chi connectivity index (χ1v) is 10.0. The molecule has 0 amide bonds. The highest BCUT2D eigenvalue weighted by Crippen LogP contribution is 2.36. The average Bonchev–Trinajstić information content (AvgIpc) is 3.08. The number of rotatable bonds is 5. The van der Waals surface area contributed by atoms with E-state index in [-0.39, 0.29) is 11.5 Å². The number of likely N-dealkylation sites (tertiary alicyclic amines) is 1. The van der Waals surface area contributed by atoms with Gasteiger partial charge < -0.3 is 14.9 Å². The molecule has 4 heterocycles. The molecule has 2 fully saturated rings. The van der Waals surface area contributed by atoms with Crippen LogP contribution in [0.25, 0.3) is 0 Å². The van der Waals surface area contributed by atoms with Crippen molar-refractivity contribution >= 4 is 5.90 Å². The minimum atomic E-state index is -0.0976. The Hall–Kier alpha value is -1.60. The predicted octanol–water partition coefficient (Wildman–Crippen LogP) is 1.55. The first-order chi connectivity index (χ1) is 12.8. The minimum Gasteiger partial charge on any atom is -0.470 e. The number of hydrogen-bond acceptors (Lipinski definition) is 6. The van der Waals surface area contributed by atoms with E-state index in [1.807, 2.05) is 17.9 Å². The number of piperidine rings is 2. The van der Waals surface area contributed by atoms with Gasteiger partial charge in [0.1, 0.15) is 6.10 Å². The van der Waals surface area contributed by atoms with Gasteiger partial charge in [-0.25, -0.2) is 0 Å². The molecule has 1 aromatic rings. The number of aromatic nitrogens is 2. The van der Waals surface area contributed by atoms with Crippen LogP contribution in [0.1, 0.15) is 37.8 Å². The maximum Gasteiger partial charge on any atom is 0.232 e. The van der Waals surface area contributed by atoms with E-state index in [2.05, 4.69) is 26.5 Å². The smallest absolute Gasteiger partial charge is 0.232 e. The zero-order valence-corrected chi connectivity index (χ0v) is 15.8. The Balaban J connectivity index is 1.47. The van der Waals surface area contributed by atoms with Crippen LogP contribution < -0.4 is 5.32 Å². The van der Waals surface area contributed by atoms with Gasteiger partial charge in [-0.2, -0.15) is 5.10 Å². The Morgan fingerprint density at radius 1 is 1.23 bits per heavy atom. The summed E-state index contributed by atoms with van der Waals surface area (Å²) in [7, 11) is 2.00. The molecule has 0 aromatic carbocycles. The molecule has 0 saturated carbocycles. The van der Waals surface area contributed by atoms with Crippen LogP contribution in [-0.2, 0) is 23.0 Å². The molecule has 0 bridgehead atoms. The van der Waals surface area contributed by atoms with Gasteiger partial charge in [-0.05, 0) is 57.9 Å². The molecule has 2 saturated heterocycles. The Morgan fingerprint density at radius 2 is 2.04 bits per heavy atom. The van der Waals surface area contributed by atoms with Gasteiger partial charge in [0.15, 0.2) is 6.61 Å². The lowest BCUT2D eigenvalue weighted by molar-refractivity contribution is -0.0243. The van der Waals surface area contributed by atoms with Gasteiger partial charge in [0.2, 0.25) is 5.90 Å². The number of nitrogens with zero attached hydrogens (tertiary/aromatic N) is 4. The van der Waals surface area contributed by atoms with Gasteiger partial charge in [0.25, 0.3) is 0 Å². The maximum atomic E-state index is 6.45. The lowest BCUT2D eigenvalue weighted by atomic mass is 9.74. The highest BCUT2D eigenvalue weighted by molar-refractivity contribution is 5.83. The summed E-state index contributed by atoms with van der Waals surface area (Å²) in [5.74, 6) is 0.799. The van der Waals surface area contributed by atoms with Crippen molar-refractivity contribution in [3.8, 4) is 0 Å². The van der Waals surface area contributed by atoms with Crippen molar-refractivity contribution in [2.24, 2.45) is 17.6 Å². The molecule has 3 aliphatic rings. The summed E-state index contributed by atoms with van der Waals surface area (Å²) >= 11 is 0. The molecule has 26 heavy (non-hydrogen) atoms. The van der Waals surface area contributed by atoms with Crippen LogP contribution in [0.15, 0.2) is 17.4 Å². The van der Waals surface area contributed by atoms with Gasteiger partial charge in [-0.3, -0.25) is 9.58 Å². The molecule has 0 aliphatic carbocycles. The molecule has 1 atom stereocenters. The molecule has 4 rings (SSSR count). The molecule has 7 heteroatoms. The largest absolute Gasteiger partial charge is 0.470 e. The number of nitrogens with one attached hydrogen (secondary N) is 1. The van der Waals surface area contributed by atoms with E-state index in [1.54, 1.807) is 0 Å². The summed E-state index contributed by atoms with van der Waals surface area (Å²) in [6.45, 7) is 5.82. The second-order valence-corrected chi connectivity index (χ2v) is 7.95. The maximum absolute atomic E-state index is 6.45. The van der Waals surface area contributed by atoms with Crippen molar-refractivity contribution in [3.05, 3.63) is 18.0 Å². The van der Waals surface area contributed by atoms with Gasteiger partial charge >= 0.3 is 0 Å². The lowest BCUT2D eigenvalue weighted by Gasteiger charge is -2.40. The van der Waals surface area contributed by atoms with Crippen LogP contribution in [0.4, 0.5) is 0 Å². The monoisotopic (exact) mass is 361 g/mol. The third-order valence-electron chi connectivity index (χ3n) is 6.05. The lowest BCUT2D eigenvalue weighted by Crippen LogP contribution is -2.49. The third kappa shape index (κ3) is 3.88. The van der Waals surface area contributed by atoms with Crippen LogP contribution in [0.2, 0.25) is 0 Å². The van der Waals surface area contributed by atoms with Crippen molar-refractivity contribution in [1.29, 1.82) is 0 Å².